The Morgan fingerprint density at radius 1 is 1.30 bits per heavy atom. The van der Waals surface area contributed by atoms with Crippen LogP contribution >= 0.6 is 0 Å². The van der Waals surface area contributed by atoms with E-state index in [9.17, 15) is 23.1 Å². The van der Waals surface area contributed by atoms with Crippen LogP contribution in [0.1, 0.15) is 0 Å². The number of alkyl halides is 2. The molecule has 0 aliphatic carbocycles. The number of nitrogens with zero attached hydrogens (tertiary/aromatic N) is 3. The Kier molecular flexibility index (Phi) is 6.21. The summed E-state index contributed by atoms with van der Waals surface area (Å²) in [6.45, 7) is -3.34. The van der Waals surface area contributed by atoms with Gasteiger partial charge in [-0.1, -0.05) is 0 Å². The maximum absolute atomic E-state index is 13.4. The normalized spacial score (nSPS) is 11.0. The van der Waals surface area contributed by atoms with E-state index in [4.69, 9.17) is 4.74 Å². The molecular formula is C19H17F3N4O4. The molecule has 3 rings (SSSR count). The van der Waals surface area contributed by atoms with Gasteiger partial charge in [-0.05, 0) is 29.8 Å². The Morgan fingerprint density at radius 2 is 2.07 bits per heavy atom. The van der Waals surface area contributed by atoms with Crippen molar-refractivity contribution in [2.75, 3.05) is 19.0 Å². The molecule has 0 fully saturated rings. The summed E-state index contributed by atoms with van der Waals surface area (Å²) in [5, 5.41) is 16.8. The second kappa shape index (κ2) is 8.82. The van der Waals surface area contributed by atoms with Crippen LogP contribution in [0.2, 0.25) is 0 Å². The minimum atomic E-state index is -3.14. The first kappa shape index (κ1) is 21.1. The van der Waals surface area contributed by atoms with Gasteiger partial charge < -0.3 is 19.9 Å². The van der Waals surface area contributed by atoms with E-state index in [1.165, 1.54) is 38.6 Å². The minimum absolute atomic E-state index is 0.0750. The lowest BCUT2D eigenvalue weighted by Crippen LogP contribution is -2.17. The maximum atomic E-state index is 13.4. The SMILES string of the molecule is COCC(=O)Nc1cc(-c2c(-c3ccc(F)cc3O)nn(C)c2OC(F)F)ccn1. The minimum Gasteiger partial charge on any atom is -0.507 e. The molecule has 2 aromatic heterocycles. The predicted molar refractivity (Wildman–Crippen MR) is 101 cm³/mol. The van der Waals surface area contributed by atoms with Gasteiger partial charge in [0.15, 0.2) is 0 Å². The molecule has 8 nitrogen and oxygen atoms in total. The van der Waals surface area contributed by atoms with Crippen molar-refractivity contribution in [1.82, 2.24) is 14.8 Å². The number of ether oxygens (including phenoxy) is 2. The molecule has 11 heteroatoms. The highest BCUT2D eigenvalue weighted by Gasteiger charge is 2.25. The summed E-state index contributed by atoms with van der Waals surface area (Å²) in [5.74, 6) is -1.72. The molecule has 0 aliphatic heterocycles. The Balaban J connectivity index is 2.16. The van der Waals surface area contributed by atoms with E-state index in [-0.39, 0.29) is 35.1 Å². The van der Waals surface area contributed by atoms with E-state index < -0.39 is 24.1 Å². The number of anilines is 1. The van der Waals surface area contributed by atoms with Crippen molar-refractivity contribution in [2.24, 2.45) is 7.05 Å². The fourth-order valence-electron chi connectivity index (χ4n) is 2.85. The highest BCUT2D eigenvalue weighted by Crippen LogP contribution is 2.42. The molecule has 0 atom stereocenters. The first-order valence-electron chi connectivity index (χ1n) is 8.56. The maximum Gasteiger partial charge on any atom is 0.388 e. The van der Waals surface area contributed by atoms with Gasteiger partial charge in [0.05, 0.1) is 5.56 Å². The number of amides is 1. The summed E-state index contributed by atoms with van der Waals surface area (Å²) in [6, 6.07) is 6.16. The van der Waals surface area contributed by atoms with Crippen molar-refractivity contribution in [3.8, 4) is 34.0 Å². The number of rotatable bonds is 7. The molecule has 0 spiro atoms. The number of halogens is 3. The summed E-state index contributed by atoms with van der Waals surface area (Å²) < 4.78 is 49.9. The standard InChI is InChI=1S/C19H17F3N4O4/c1-26-18(30-19(21)22)16(17(25-26)12-4-3-11(20)8-13(12)27)10-5-6-23-14(7-10)24-15(28)9-29-2/h3-8,19,27H,9H2,1-2H3,(H,23,24,28). The third kappa shape index (κ3) is 4.51. The van der Waals surface area contributed by atoms with Gasteiger partial charge in [0.25, 0.3) is 5.91 Å². The lowest BCUT2D eigenvalue weighted by Gasteiger charge is -2.11. The molecule has 158 valence electrons. The molecule has 0 aliphatic rings. The lowest BCUT2D eigenvalue weighted by atomic mass is 10.0. The van der Waals surface area contributed by atoms with Crippen LogP contribution in [0.5, 0.6) is 11.6 Å². The molecule has 1 amide bonds. The number of aromatic nitrogens is 3. The van der Waals surface area contributed by atoms with Gasteiger partial charge in [0.2, 0.25) is 5.88 Å². The lowest BCUT2D eigenvalue weighted by molar-refractivity contribution is -0.119. The number of benzene rings is 1. The van der Waals surface area contributed by atoms with Gasteiger partial charge in [-0.25, -0.2) is 14.1 Å². The number of phenols is 1. The molecule has 0 unspecified atom stereocenters. The second-order valence-corrected chi connectivity index (χ2v) is 6.10. The van der Waals surface area contributed by atoms with Gasteiger partial charge in [0.1, 0.15) is 29.7 Å². The molecule has 0 saturated carbocycles. The van der Waals surface area contributed by atoms with Gasteiger partial charge in [-0.2, -0.15) is 13.9 Å². The van der Waals surface area contributed by atoms with Crippen LogP contribution in [-0.2, 0) is 16.6 Å². The predicted octanol–water partition coefficient (Wildman–Crippen LogP) is 3.18. The molecule has 0 bridgehead atoms. The summed E-state index contributed by atoms with van der Waals surface area (Å²) >= 11 is 0. The number of hydrogen-bond donors (Lipinski definition) is 2. The molecule has 1 aromatic carbocycles. The van der Waals surface area contributed by atoms with Crippen molar-refractivity contribution in [3.63, 3.8) is 0 Å². The quantitative estimate of drug-likeness (QED) is 0.607. The largest absolute Gasteiger partial charge is 0.507 e. The van der Waals surface area contributed by atoms with Crippen LogP contribution in [0.3, 0.4) is 0 Å². The van der Waals surface area contributed by atoms with Gasteiger partial charge in [-0.15, -0.1) is 0 Å². The van der Waals surface area contributed by atoms with Gasteiger partial charge >= 0.3 is 6.61 Å². The number of aryl methyl sites for hydroxylation is 1. The summed E-state index contributed by atoms with van der Waals surface area (Å²) in [5.41, 5.74) is 0.600. The van der Waals surface area contributed by atoms with Crippen molar-refractivity contribution >= 4 is 11.7 Å². The van der Waals surface area contributed by atoms with E-state index in [0.29, 0.717) is 5.56 Å². The summed E-state index contributed by atoms with van der Waals surface area (Å²) in [6.07, 6.45) is 1.35. The number of carbonyl (C=O) groups excluding carboxylic acids is 1. The van der Waals surface area contributed by atoms with Gasteiger partial charge in [-0.3, -0.25) is 4.79 Å². The van der Waals surface area contributed by atoms with Crippen molar-refractivity contribution < 1.29 is 32.5 Å². The second-order valence-electron chi connectivity index (χ2n) is 6.10. The van der Waals surface area contributed by atoms with Crippen LogP contribution in [0.25, 0.3) is 22.4 Å². The Hall–Kier alpha value is -3.60. The van der Waals surface area contributed by atoms with Crippen molar-refractivity contribution in [2.45, 2.75) is 6.61 Å². The van der Waals surface area contributed by atoms with Crippen LogP contribution < -0.4 is 10.1 Å². The van der Waals surface area contributed by atoms with E-state index in [2.05, 4.69) is 20.1 Å². The molecular weight excluding hydrogens is 405 g/mol. The number of aromatic hydroxyl groups is 1. The monoisotopic (exact) mass is 422 g/mol. The third-order valence-corrected chi connectivity index (χ3v) is 4.00. The molecule has 0 radical (unpaired) electrons. The van der Waals surface area contributed by atoms with Crippen LogP contribution in [0, 0.1) is 5.82 Å². The molecule has 0 saturated heterocycles. The highest BCUT2D eigenvalue weighted by molar-refractivity contribution is 5.92. The zero-order chi connectivity index (χ0) is 21.8. The molecule has 30 heavy (non-hydrogen) atoms. The first-order valence-corrected chi connectivity index (χ1v) is 8.56. The fourth-order valence-corrected chi connectivity index (χ4v) is 2.85. The smallest absolute Gasteiger partial charge is 0.388 e. The Morgan fingerprint density at radius 3 is 2.73 bits per heavy atom. The molecule has 2 N–H and O–H groups in total. The number of nitrogens with one attached hydrogen (secondary N) is 1. The number of phenolic OH excluding ortho intramolecular Hbond substituents is 1. The van der Waals surface area contributed by atoms with Gasteiger partial charge in [0, 0.05) is 32.0 Å². The van der Waals surface area contributed by atoms with Crippen LogP contribution in [0.4, 0.5) is 19.0 Å². The van der Waals surface area contributed by atoms with Crippen LogP contribution in [-0.4, -0.2) is 46.1 Å². The van der Waals surface area contributed by atoms with Crippen LogP contribution in [0.15, 0.2) is 36.5 Å². The van der Waals surface area contributed by atoms with E-state index in [0.717, 1.165) is 16.8 Å². The Bertz CT molecular complexity index is 1070. The fraction of sp³-hybridized carbons (Fsp3) is 0.211. The topological polar surface area (TPSA) is 98.5 Å². The number of methoxy groups -OCH3 is 1. The number of pyridine rings is 1. The first-order chi connectivity index (χ1) is 14.3. The Labute approximate surface area is 168 Å². The average molecular weight is 422 g/mol. The third-order valence-electron chi connectivity index (χ3n) is 4.00. The number of carbonyl (C=O) groups is 1. The van der Waals surface area contributed by atoms with E-state index >= 15 is 0 Å². The summed E-state index contributed by atoms with van der Waals surface area (Å²) in [4.78, 5) is 15.8. The van der Waals surface area contributed by atoms with E-state index in [1.807, 2.05) is 0 Å². The zero-order valence-corrected chi connectivity index (χ0v) is 15.9. The molecule has 2 heterocycles. The number of hydrogen-bond acceptors (Lipinski definition) is 6. The van der Waals surface area contributed by atoms with Crippen molar-refractivity contribution in [1.29, 1.82) is 0 Å². The van der Waals surface area contributed by atoms with E-state index in [1.54, 1.807) is 0 Å². The average Bonchev–Trinajstić information content (AvgIpc) is 2.97. The highest BCUT2D eigenvalue weighted by atomic mass is 19.3. The molecule has 3 aromatic rings. The summed E-state index contributed by atoms with van der Waals surface area (Å²) in [7, 11) is 2.74. The zero-order valence-electron chi connectivity index (χ0n) is 15.9. The van der Waals surface area contributed by atoms with Crippen molar-refractivity contribution in [3.05, 3.63) is 42.3 Å².